The van der Waals surface area contributed by atoms with E-state index in [0.717, 1.165) is 0 Å². The van der Waals surface area contributed by atoms with Gasteiger partial charge in [-0.3, -0.25) is 14.4 Å². The Hall–Kier alpha value is -2.75. The SMILES string of the molecule is CC(C(=O)c1ccccc1)C(C)C(CC(=O)O)C(=O)c1ccccc1. The molecule has 0 saturated carbocycles. The maximum atomic E-state index is 12.8. The van der Waals surface area contributed by atoms with Crippen LogP contribution in [0.4, 0.5) is 0 Å². The molecule has 2 aromatic carbocycles. The van der Waals surface area contributed by atoms with Gasteiger partial charge in [-0.2, -0.15) is 0 Å². The summed E-state index contributed by atoms with van der Waals surface area (Å²) in [5, 5.41) is 9.23. The first-order valence-electron chi connectivity index (χ1n) is 8.32. The summed E-state index contributed by atoms with van der Waals surface area (Å²) in [6, 6.07) is 17.5. The predicted octanol–water partition coefficient (Wildman–Crippen LogP) is 4.12. The Kier molecular flexibility index (Phi) is 6.23. The maximum absolute atomic E-state index is 12.8. The number of hydrogen-bond acceptors (Lipinski definition) is 3. The molecule has 0 aliphatic heterocycles. The molecule has 3 atom stereocenters. The van der Waals surface area contributed by atoms with Crippen LogP contribution in [0.3, 0.4) is 0 Å². The van der Waals surface area contributed by atoms with Crippen LogP contribution in [0, 0.1) is 17.8 Å². The van der Waals surface area contributed by atoms with Crippen LogP contribution >= 0.6 is 0 Å². The molecule has 0 aromatic heterocycles. The summed E-state index contributed by atoms with van der Waals surface area (Å²) in [6.45, 7) is 3.53. The van der Waals surface area contributed by atoms with Crippen LogP contribution in [0.25, 0.3) is 0 Å². The van der Waals surface area contributed by atoms with Gasteiger partial charge in [0.1, 0.15) is 0 Å². The van der Waals surface area contributed by atoms with Gasteiger partial charge in [0, 0.05) is 23.0 Å². The molecular formula is C21H22O4. The fourth-order valence-corrected chi connectivity index (χ4v) is 2.97. The zero-order chi connectivity index (χ0) is 18.4. The summed E-state index contributed by atoms with van der Waals surface area (Å²) < 4.78 is 0. The first kappa shape index (κ1) is 18.6. The van der Waals surface area contributed by atoms with E-state index in [0.29, 0.717) is 11.1 Å². The highest BCUT2D eigenvalue weighted by Crippen LogP contribution is 2.29. The van der Waals surface area contributed by atoms with E-state index in [9.17, 15) is 19.5 Å². The lowest BCUT2D eigenvalue weighted by Gasteiger charge is -2.26. The summed E-state index contributed by atoms with van der Waals surface area (Å²) in [7, 11) is 0. The van der Waals surface area contributed by atoms with Crippen molar-refractivity contribution in [1.82, 2.24) is 0 Å². The Morgan fingerprint density at radius 2 is 1.24 bits per heavy atom. The van der Waals surface area contributed by atoms with Crippen molar-refractivity contribution in [3.8, 4) is 0 Å². The Labute approximate surface area is 147 Å². The third kappa shape index (κ3) is 4.63. The molecule has 0 radical (unpaired) electrons. The lowest BCUT2D eigenvalue weighted by molar-refractivity contribution is -0.138. The second kappa shape index (κ2) is 8.38. The average Bonchev–Trinajstić information content (AvgIpc) is 2.65. The molecule has 0 aliphatic rings. The van der Waals surface area contributed by atoms with Gasteiger partial charge in [0.2, 0.25) is 0 Å². The maximum Gasteiger partial charge on any atom is 0.304 e. The molecule has 0 saturated heterocycles. The largest absolute Gasteiger partial charge is 0.481 e. The van der Waals surface area contributed by atoms with Gasteiger partial charge >= 0.3 is 5.97 Å². The normalized spacial score (nSPS) is 14.3. The van der Waals surface area contributed by atoms with Crippen LogP contribution < -0.4 is 0 Å². The number of carbonyl (C=O) groups excluding carboxylic acids is 2. The first-order chi connectivity index (χ1) is 11.9. The lowest BCUT2D eigenvalue weighted by atomic mass is 9.75. The predicted molar refractivity (Wildman–Crippen MR) is 95.6 cm³/mol. The molecular weight excluding hydrogens is 316 g/mol. The van der Waals surface area contributed by atoms with Gasteiger partial charge in [0.05, 0.1) is 6.42 Å². The number of ketones is 2. The van der Waals surface area contributed by atoms with Gasteiger partial charge < -0.3 is 5.11 Å². The van der Waals surface area contributed by atoms with Crippen LogP contribution in [0.1, 0.15) is 41.0 Å². The van der Waals surface area contributed by atoms with Gasteiger partial charge in [-0.25, -0.2) is 0 Å². The number of hydrogen-bond donors (Lipinski definition) is 1. The van der Waals surface area contributed by atoms with Crippen molar-refractivity contribution < 1.29 is 19.5 Å². The average molecular weight is 338 g/mol. The van der Waals surface area contributed by atoms with Crippen molar-refractivity contribution >= 4 is 17.5 Å². The molecule has 4 nitrogen and oxygen atoms in total. The number of aliphatic carboxylic acids is 1. The number of carboxylic acid groups (broad SMARTS) is 1. The van der Waals surface area contributed by atoms with E-state index in [-0.39, 0.29) is 18.0 Å². The summed E-state index contributed by atoms with van der Waals surface area (Å²) in [4.78, 5) is 36.8. The number of rotatable bonds is 8. The Morgan fingerprint density at radius 1 is 0.800 bits per heavy atom. The van der Waals surface area contributed by atoms with Gasteiger partial charge in [0.15, 0.2) is 11.6 Å². The van der Waals surface area contributed by atoms with E-state index < -0.39 is 23.7 Å². The minimum absolute atomic E-state index is 0.0793. The fraction of sp³-hybridized carbons (Fsp3) is 0.286. The summed E-state index contributed by atoms with van der Waals surface area (Å²) in [6.07, 6.45) is -0.290. The molecule has 4 heteroatoms. The van der Waals surface area contributed by atoms with E-state index >= 15 is 0 Å². The topological polar surface area (TPSA) is 71.4 Å². The summed E-state index contributed by atoms with van der Waals surface area (Å²) in [5.74, 6) is -2.95. The van der Waals surface area contributed by atoms with E-state index in [1.54, 1.807) is 68.4 Å². The minimum atomic E-state index is -1.04. The van der Waals surface area contributed by atoms with Crippen molar-refractivity contribution in [2.24, 2.45) is 17.8 Å². The van der Waals surface area contributed by atoms with Crippen molar-refractivity contribution in [3.05, 3.63) is 71.8 Å². The van der Waals surface area contributed by atoms with Gasteiger partial charge in [-0.15, -0.1) is 0 Å². The Bertz CT molecular complexity index is 737. The molecule has 25 heavy (non-hydrogen) atoms. The van der Waals surface area contributed by atoms with Crippen molar-refractivity contribution in [1.29, 1.82) is 0 Å². The number of Topliss-reactive ketones (excluding diaryl/α,β-unsaturated/α-hetero) is 2. The monoisotopic (exact) mass is 338 g/mol. The third-order valence-corrected chi connectivity index (χ3v) is 4.68. The molecule has 3 unspecified atom stereocenters. The van der Waals surface area contributed by atoms with E-state index in [4.69, 9.17) is 0 Å². The summed E-state index contributed by atoms with van der Waals surface area (Å²) in [5.41, 5.74) is 1.04. The highest BCUT2D eigenvalue weighted by Gasteiger charge is 2.34. The Balaban J connectivity index is 2.26. The quantitative estimate of drug-likeness (QED) is 0.735. The molecule has 0 fully saturated rings. The van der Waals surface area contributed by atoms with E-state index in [2.05, 4.69) is 0 Å². The Morgan fingerprint density at radius 3 is 1.68 bits per heavy atom. The van der Waals surface area contributed by atoms with Crippen molar-refractivity contribution in [2.75, 3.05) is 0 Å². The van der Waals surface area contributed by atoms with Crippen LogP contribution in [-0.2, 0) is 4.79 Å². The first-order valence-corrected chi connectivity index (χ1v) is 8.32. The molecule has 2 rings (SSSR count). The fourth-order valence-electron chi connectivity index (χ4n) is 2.97. The highest BCUT2D eigenvalue weighted by molar-refractivity contribution is 6.01. The minimum Gasteiger partial charge on any atom is -0.481 e. The van der Waals surface area contributed by atoms with Crippen LogP contribution in [0.5, 0.6) is 0 Å². The molecule has 0 aliphatic carbocycles. The third-order valence-electron chi connectivity index (χ3n) is 4.68. The lowest BCUT2D eigenvalue weighted by Crippen LogP contribution is -2.32. The molecule has 130 valence electrons. The molecule has 0 amide bonds. The van der Waals surface area contributed by atoms with Crippen LogP contribution in [0.15, 0.2) is 60.7 Å². The van der Waals surface area contributed by atoms with Crippen molar-refractivity contribution in [2.45, 2.75) is 20.3 Å². The number of carboxylic acids is 1. The molecule has 0 heterocycles. The molecule has 0 spiro atoms. The highest BCUT2D eigenvalue weighted by atomic mass is 16.4. The van der Waals surface area contributed by atoms with Crippen LogP contribution in [-0.4, -0.2) is 22.6 Å². The smallest absolute Gasteiger partial charge is 0.304 e. The molecule has 0 bridgehead atoms. The number of benzene rings is 2. The van der Waals surface area contributed by atoms with Gasteiger partial charge in [-0.1, -0.05) is 74.5 Å². The summed E-state index contributed by atoms with van der Waals surface area (Å²) >= 11 is 0. The zero-order valence-electron chi connectivity index (χ0n) is 14.4. The molecule has 2 aromatic rings. The van der Waals surface area contributed by atoms with Gasteiger partial charge in [-0.05, 0) is 5.92 Å². The van der Waals surface area contributed by atoms with E-state index in [1.807, 2.05) is 6.07 Å². The zero-order valence-corrected chi connectivity index (χ0v) is 14.4. The van der Waals surface area contributed by atoms with Crippen molar-refractivity contribution in [3.63, 3.8) is 0 Å². The number of carbonyl (C=O) groups is 3. The van der Waals surface area contributed by atoms with E-state index in [1.165, 1.54) is 0 Å². The molecule has 1 N–H and O–H groups in total. The second-order valence-corrected chi connectivity index (χ2v) is 6.31. The van der Waals surface area contributed by atoms with Crippen LogP contribution in [0.2, 0.25) is 0 Å². The van der Waals surface area contributed by atoms with Gasteiger partial charge in [0.25, 0.3) is 0 Å². The second-order valence-electron chi connectivity index (χ2n) is 6.31. The standard InChI is InChI=1S/C21H22O4/c1-14(15(2)20(24)16-9-5-3-6-10-16)18(13-19(22)23)21(25)17-11-7-4-8-12-17/h3-12,14-15,18H,13H2,1-2H3,(H,22,23).